The topological polar surface area (TPSA) is 66.5 Å². The Morgan fingerprint density at radius 3 is 2.36 bits per heavy atom. The van der Waals surface area contributed by atoms with Gasteiger partial charge in [0.1, 0.15) is 11.5 Å². The van der Waals surface area contributed by atoms with Crippen molar-refractivity contribution in [3.05, 3.63) is 23.8 Å². The van der Waals surface area contributed by atoms with Crippen molar-refractivity contribution >= 4 is 17.0 Å². The van der Waals surface area contributed by atoms with E-state index in [0.717, 1.165) is 0 Å². The van der Waals surface area contributed by atoms with Gasteiger partial charge in [-0.25, -0.2) is 0 Å². The zero-order valence-corrected chi connectivity index (χ0v) is 7.53. The SMILES string of the molecule is Br.NCc1cc(O)ccc1O. The van der Waals surface area contributed by atoms with Gasteiger partial charge in [0.05, 0.1) is 0 Å². The average Bonchev–Trinajstić information content (AvgIpc) is 1.94. The second-order valence-electron chi connectivity index (χ2n) is 2.02. The number of rotatable bonds is 1. The van der Waals surface area contributed by atoms with E-state index in [1.54, 1.807) is 0 Å². The van der Waals surface area contributed by atoms with E-state index in [1.807, 2.05) is 0 Å². The molecular formula is C7H10BrNO2. The summed E-state index contributed by atoms with van der Waals surface area (Å²) in [5.41, 5.74) is 5.80. The van der Waals surface area contributed by atoms with Crippen LogP contribution in [0.4, 0.5) is 0 Å². The molecule has 0 radical (unpaired) electrons. The molecule has 0 heterocycles. The third kappa shape index (κ3) is 2.40. The highest BCUT2D eigenvalue weighted by Gasteiger charge is 1.97. The number of hydrogen-bond acceptors (Lipinski definition) is 3. The molecular weight excluding hydrogens is 210 g/mol. The maximum atomic E-state index is 9.04. The first kappa shape index (κ1) is 10.3. The summed E-state index contributed by atoms with van der Waals surface area (Å²) >= 11 is 0. The lowest BCUT2D eigenvalue weighted by Gasteiger charge is -2.00. The van der Waals surface area contributed by atoms with Gasteiger partial charge in [-0.3, -0.25) is 0 Å². The first-order valence-electron chi connectivity index (χ1n) is 2.95. The summed E-state index contributed by atoms with van der Waals surface area (Å²) < 4.78 is 0. The number of phenols is 2. The fourth-order valence-electron chi connectivity index (χ4n) is 0.735. The van der Waals surface area contributed by atoms with E-state index in [9.17, 15) is 0 Å². The van der Waals surface area contributed by atoms with Crippen LogP contribution in [0.1, 0.15) is 5.56 Å². The summed E-state index contributed by atoms with van der Waals surface area (Å²) in [5, 5.41) is 17.9. The first-order valence-corrected chi connectivity index (χ1v) is 2.95. The Kier molecular flexibility index (Phi) is 3.92. The molecule has 1 aromatic carbocycles. The van der Waals surface area contributed by atoms with E-state index in [-0.39, 0.29) is 35.0 Å². The molecule has 0 aliphatic rings. The third-order valence-electron chi connectivity index (χ3n) is 1.28. The molecule has 0 aliphatic heterocycles. The Balaban J connectivity index is 0.000001000. The highest BCUT2D eigenvalue weighted by atomic mass is 79.9. The van der Waals surface area contributed by atoms with Crippen molar-refractivity contribution < 1.29 is 10.2 Å². The summed E-state index contributed by atoms with van der Waals surface area (Å²) in [7, 11) is 0. The van der Waals surface area contributed by atoms with E-state index in [4.69, 9.17) is 15.9 Å². The molecule has 0 aliphatic carbocycles. The molecule has 11 heavy (non-hydrogen) atoms. The number of phenolic OH excluding ortho intramolecular Hbond substituents is 2. The summed E-state index contributed by atoms with van der Waals surface area (Å²) in [6.07, 6.45) is 0. The van der Waals surface area contributed by atoms with Crippen LogP contribution in [0.2, 0.25) is 0 Å². The molecule has 3 nitrogen and oxygen atoms in total. The standard InChI is InChI=1S/C7H9NO2.BrH/c8-4-5-3-6(9)1-2-7(5)10;/h1-3,9-10H,4,8H2;1H. The Morgan fingerprint density at radius 1 is 1.27 bits per heavy atom. The summed E-state index contributed by atoms with van der Waals surface area (Å²) in [4.78, 5) is 0. The van der Waals surface area contributed by atoms with Crippen molar-refractivity contribution in [3.8, 4) is 11.5 Å². The smallest absolute Gasteiger partial charge is 0.120 e. The van der Waals surface area contributed by atoms with Gasteiger partial charge in [0, 0.05) is 12.1 Å². The number of aromatic hydroxyl groups is 2. The average molecular weight is 220 g/mol. The zero-order valence-electron chi connectivity index (χ0n) is 5.82. The minimum Gasteiger partial charge on any atom is -0.508 e. The van der Waals surface area contributed by atoms with Crippen LogP contribution in [0.3, 0.4) is 0 Å². The van der Waals surface area contributed by atoms with Crippen LogP contribution in [-0.4, -0.2) is 10.2 Å². The van der Waals surface area contributed by atoms with Crippen LogP contribution in [0.25, 0.3) is 0 Å². The van der Waals surface area contributed by atoms with Crippen molar-refractivity contribution in [2.24, 2.45) is 5.73 Å². The molecule has 0 fully saturated rings. The normalized spacial score (nSPS) is 8.82. The maximum absolute atomic E-state index is 9.04. The van der Waals surface area contributed by atoms with Crippen LogP contribution < -0.4 is 5.73 Å². The monoisotopic (exact) mass is 219 g/mol. The van der Waals surface area contributed by atoms with Crippen molar-refractivity contribution in [2.45, 2.75) is 6.54 Å². The second-order valence-corrected chi connectivity index (χ2v) is 2.02. The molecule has 1 rings (SSSR count). The number of benzene rings is 1. The van der Waals surface area contributed by atoms with Crippen LogP contribution in [0.15, 0.2) is 18.2 Å². The summed E-state index contributed by atoms with van der Waals surface area (Å²) in [5.74, 6) is 0.249. The van der Waals surface area contributed by atoms with E-state index in [2.05, 4.69) is 0 Å². The molecule has 1 aromatic rings. The van der Waals surface area contributed by atoms with Crippen molar-refractivity contribution in [3.63, 3.8) is 0 Å². The van der Waals surface area contributed by atoms with Crippen LogP contribution in [0.5, 0.6) is 11.5 Å². The van der Waals surface area contributed by atoms with Crippen LogP contribution in [0, 0.1) is 0 Å². The van der Waals surface area contributed by atoms with Gasteiger partial charge < -0.3 is 15.9 Å². The Labute approximate surface area is 75.2 Å². The molecule has 4 heteroatoms. The minimum absolute atomic E-state index is 0. The predicted molar refractivity (Wildman–Crippen MR) is 48.0 cm³/mol. The van der Waals surface area contributed by atoms with Gasteiger partial charge in [0.2, 0.25) is 0 Å². The molecule has 0 bridgehead atoms. The molecule has 0 saturated carbocycles. The van der Waals surface area contributed by atoms with E-state index in [0.29, 0.717) is 5.56 Å². The summed E-state index contributed by atoms with van der Waals surface area (Å²) in [6, 6.07) is 4.27. The van der Waals surface area contributed by atoms with Crippen LogP contribution in [-0.2, 0) is 6.54 Å². The molecule has 0 amide bonds. The lowest BCUT2D eigenvalue weighted by atomic mass is 10.2. The molecule has 0 aromatic heterocycles. The minimum atomic E-state index is 0. The van der Waals surface area contributed by atoms with Crippen molar-refractivity contribution in [1.82, 2.24) is 0 Å². The van der Waals surface area contributed by atoms with Gasteiger partial charge >= 0.3 is 0 Å². The Hall–Kier alpha value is -0.740. The molecule has 4 N–H and O–H groups in total. The molecule has 0 unspecified atom stereocenters. The molecule has 0 spiro atoms. The van der Waals surface area contributed by atoms with Gasteiger partial charge in [-0.05, 0) is 18.2 Å². The van der Waals surface area contributed by atoms with Gasteiger partial charge in [0.15, 0.2) is 0 Å². The van der Waals surface area contributed by atoms with E-state index < -0.39 is 0 Å². The largest absolute Gasteiger partial charge is 0.508 e. The first-order chi connectivity index (χ1) is 4.74. The second kappa shape index (κ2) is 4.20. The van der Waals surface area contributed by atoms with Gasteiger partial charge in [-0.1, -0.05) is 0 Å². The quantitative estimate of drug-likeness (QED) is 0.621. The fraction of sp³-hybridized carbons (Fsp3) is 0.143. The van der Waals surface area contributed by atoms with Gasteiger partial charge in [0.25, 0.3) is 0 Å². The van der Waals surface area contributed by atoms with Gasteiger partial charge in [-0.15, -0.1) is 17.0 Å². The van der Waals surface area contributed by atoms with Crippen LogP contribution >= 0.6 is 17.0 Å². The number of nitrogens with two attached hydrogens (primary N) is 1. The molecule has 0 saturated heterocycles. The Bertz CT molecular complexity index is 240. The Morgan fingerprint density at radius 2 is 1.91 bits per heavy atom. The fourth-order valence-corrected chi connectivity index (χ4v) is 0.735. The predicted octanol–water partition coefficient (Wildman–Crippen LogP) is 1.13. The molecule has 0 atom stereocenters. The summed E-state index contributed by atoms with van der Waals surface area (Å²) in [6.45, 7) is 0.236. The van der Waals surface area contributed by atoms with E-state index in [1.165, 1.54) is 18.2 Å². The number of hydrogen-bond donors (Lipinski definition) is 3. The lowest BCUT2D eigenvalue weighted by Crippen LogP contribution is -1.95. The number of halogens is 1. The third-order valence-corrected chi connectivity index (χ3v) is 1.28. The van der Waals surface area contributed by atoms with Crippen molar-refractivity contribution in [2.75, 3.05) is 0 Å². The maximum Gasteiger partial charge on any atom is 0.120 e. The molecule has 62 valence electrons. The van der Waals surface area contributed by atoms with Crippen molar-refractivity contribution in [1.29, 1.82) is 0 Å². The zero-order chi connectivity index (χ0) is 7.56. The lowest BCUT2D eigenvalue weighted by molar-refractivity contribution is 0.454. The highest BCUT2D eigenvalue weighted by molar-refractivity contribution is 8.93. The van der Waals surface area contributed by atoms with E-state index >= 15 is 0 Å². The van der Waals surface area contributed by atoms with Gasteiger partial charge in [-0.2, -0.15) is 0 Å². The highest BCUT2D eigenvalue weighted by Crippen LogP contribution is 2.20.